The first-order valence-electron chi connectivity index (χ1n) is 9.99. The zero-order valence-corrected chi connectivity index (χ0v) is 15.0. The maximum atomic E-state index is 11.8. The summed E-state index contributed by atoms with van der Waals surface area (Å²) in [6.07, 6.45) is 11.0. The average Bonchev–Trinajstić information content (AvgIpc) is 3.03. The molecule has 1 aliphatic heterocycles. The average molecular weight is 330 g/mol. The number of allylic oxidation sites excluding steroid dienone is 1. The van der Waals surface area contributed by atoms with Gasteiger partial charge in [-0.05, 0) is 68.1 Å². The van der Waals surface area contributed by atoms with E-state index in [1.165, 1.54) is 31.3 Å². The van der Waals surface area contributed by atoms with Crippen LogP contribution in [-0.4, -0.2) is 23.3 Å². The summed E-state index contributed by atoms with van der Waals surface area (Å²) in [5.41, 5.74) is 2.04. The summed E-state index contributed by atoms with van der Waals surface area (Å²) in [6, 6.07) is 0. The highest BCUT2D eigenvalue weighted by atomic mass is 16.6. The lowest BCUT2D eigenvalue weighted by Gasteiger charge is -2.57. The van der Waals surface area contributed by atoms with Crippen molar-refractivity contribution in [1.82, 2.24) is 0 Å². The van der Waals surface area contributed by atoms with Crippen LogP contribution in [0.3, 0.4) is 0 Å². The Morgan fingerprint density at radius 3 is 2.83 bits per heavy atom. The number of hydrogen-bond donors (Lipinski definition) is 1. The molecule has 0 bridgehead atoms. The molecule has 0 amide bonds. The maximum Gasteiger partial charge on any atom is 0.306 e. The number of carbonyl (C=O) groups is 1. The van der Waals surface area contributed by atoms with Crippen LogP contribution in [0.25, 0.3) is 0 Å². The smallest absolute Gasteiger partial charge is 0.306 e. The lowest BCUT2D eigenvalue weighted by atomic mass is 9.48. The molecule has 1 N–H and O–H groups in total. The molecule has 3 unspecified atom stereocenters. The van der Waals surface area contributed by atoms with Gasteiger partial charge in [-0.3, -0.25) is 4.79 Å². The molecule has 5 rings (SSSR count). The molecule has 3 nitrogen and oxygen atoms in total. The molecule has 0 radical (unpaired) electrons. The van der Waals surface area contributed by atoms with Gasteiger partial charge in [-0.15, -0.1) is 0 Å². The largest absolute Gasteiger partial charge is 0.461 e. The van der Waals surface area contributed by atoms with Gasteiger partial charge in [0.05, 0.1) is 12.5 Å². The summed E-state index contributed by atoms with van der Waals surface area (Å²) >= 11 is 0. The van der Waals surface area contributed by atoms with Crippen molar-refractivity contribution in [3.63, 3.8) is 0 Å². The number of ether oxygens (including phenoxy) is 1. The summed E-state index contributed by atoms with van der Waals surface area (Å²) in [4.78, 5) is 11.8. The molecule has 3 saturated carbocycles. The molecule has 0 aromatic rings. The molecular formula is C21H30O3. The highest BCUT2D eigenvalue weighted by molar-refractivity contribution is 5.72. The third kappa shape index (κ3) is 1.85. The van der Waals surface area contributed by atoms with Gasteiger partial charge in [0, 0.05) is 11.3 Å². The molecule has 1 saturated heterocycles. The molecule has 0 spiro atoms. The van der Waals surface area contributed by atoms with Crippen molar-refractivity contribution in [2.24, 2.45) is 34.5 Å². The van der Waals surface area contributed by atoms with E-state index in [0.717, 1.165) is 31.1 Å². The number of fused-ring (bicyclic) bond motifs is 7. The molecule has 132 valence electrons. The quantitative estimate of drug-likeness (QED) is 0.542. The van der Waals surface area contributed by atoms with E-state index in [-0.39, 0.29) is 23.6 Å². The minimum Gasteiger partial charge on any atom is -0.461 e. The van der Waals surface area contributed by atoms with E-state index in [1.54, 1.807) is 0 Å². The normalized spacial score (nSPS) is 55.8. The van der Waals surface area contributed by atoms with E-state index in [0.29, 0.717) is 23.7 Å². The van der Waals surface area contributed by atoms with Crippen LogP contribution < -0.4 is 0 Å². The first-order valence-corrected chi connectivity index (χ1v) is 9.99. The summed E-state index contributed by atoms with van der Waals surface area (Å²) in [5, 5.41) is 10.1. The van der Waals surface area contributed by atoms with E-state index in [2.05, 4.69) is 19.9 Å². The predicted octanol–water partition coefficient (Wildman–Crippen LogP) is 3.85. The molecule has 4 fully saturated rings. The molecular weight excluding hydrogens is 300 g/mol. The van der Waals surface area contributed by atoms with Gasteiger partial charge in [0.25, 0.3) is 0 Å². The van der Waals surface area contributed by atoms with Gasteiger partial charge in [-0.2, -0.15) is 0 Å². The maximum absolute atomic E-state index is 11.8. The Balaban J connectivity index is 1.48. The van der Waals surface area contributed by atoms with Crippen molar-refractivity contribution in [2.75, 3.05) is 0 Å². The van der Waals surface area contributed by atoms with Gasteiger partial charge in [0.2, 0.25) is 0 Å². The Morgan fingerprint density at radius 1 is 1.17 bits per heavy atom. The van der Waals surface area contributed by atoms with Gasteiger partial charge < -0.3 is 9.84 Å². The lowest BCUT2D eigenvalue weighted by molar-refractivity contribution is -0.151. The van der Waals surface area contributed by atoms with Crippen molar-refractivity contribution >= 4 is 5.97 Å². The lowest BCUT2D eigenvalue weighted by Crippen LogP contribution is -2.51. The van der Waals surface area contributed by atoms with Crippen molar-refractivity contribution < 1.29 is 14.6 Å². The van der Waals surface area contributed by atoms with Crippen LogP contribution in [0.5, 0.6) is 0 Å². The van der Waals surface area contributed by atoms with Gasteiger partial charge in [0.15, 0.2) is 0 Å². The minimum absolute atomic E-state index is 0.0332. The van der Waals surface area contributed by atoms with E-state index in [9.17, 15) is 9.90 Å². The van der Waals surface area contributed by atoms with Crippen LogP contribution in [0.2, 0.25) is 0 Å². The van der Waals surface area contributed by atoms with Crippen LogP contribution in [0.15, 0.2) is 11.6 Å². The van der Waals surface area contributed by atoms with Crippen LogP contribution in [0, 0.1) is 34.5 Å². The van der Waals surface area contributed by atoms with E-state index >= 15 is 0 Å². The predicted molar refractivity (Wildman–Crippen MR) is 91.1 cm³/mol. The van der Waals surface area contributed by atoms with E-state index in [1.807, 2.05) is 0 Å². The van der Waals surface area contributed by atoms with Gasteiger partial charge in [-0.25, -0.2) is 0 Å². The van der Waals surface area contributed by atoms with Crippen molar-refractivity contribution in [1.29, 1.82) is 0 Å². The highest BCUT2D eigenvalue weighted by Crippen LogP contribution is 2.67. The molecule has 8 atom stereocenters. The number of rotatable bonds is 0. The highest BCUT2D eigenvalue weighted by Gasteiger charge is 2.63. The molecule has 1 heterocycles. The van der Waals surface area contributed by atoms with Gasteiger partial charge in [-0.1, -0.05) is 25.5 Å². The van der Waals surface area contributed by atoms with Crippen molar-refractivity contribution in [3.8, 4) is 0 Å². The SMILES string of the molecule is C[C@]12CC[C@H](O)CC1=CCC1C2CC[C@@]2(C)C1C[C@@H]1CC(=O)O[C@@H]12. The fraction of sp³-hybridized carbons (Fsp3) is 0.857. The topological polar surface area (TPSA) is 46.5 Å². The number of aliphatic hydroxyl groups excluding tert-OH is 1. The number of carbonyl (C=O) groups excluding carboxylic acids is 1. The standard InChI is InChI=1S/C21H30O3/c1-20-7-5-14(22)11-13(20)3-4-15-16(20)6-8-21(2)17(15)9-12-10-18(23)24-19(12)21/h3,12,14-17,19,22H,4-11H2,1-2H3/t12-,14+,15?,16?,17?,19+,20+,21+/m1/s1. The molecule has 5 aliphatic rings. The molecule has 3 heteroatoms. The summed E-state index contributed by atoms with van der Waals surface area (Å²) in [6.45, 7) is 4.88. The summed E-state index contributed by atoms with van der Waals surface area (Å²) < 4.78 is 5.80. The number of hydrogen-bond acceptors (Lipinski definition) is 3. The van der Waals surface area contributed by atoms with E-state index < -0.39 is 0 Å². The second-order valence-corrected chi connectivity index (χ2v) is 9.81. The Hall–Kier alpha value is -0.830. The third-order valence-electron chi connectivity index (χ3n) is 8.84. The summed E-state index contributed by atoms with van der Waals surface area (Å²) in [5.74, 6) is 2.72. The molecule has 0 aromatic heterocycles. The second-order valence-electron chi connectivity index (χ2n) is 9.81. The first kappa shape index (κ1) is 15.4. The van der Waals surface area contributed by atoms with Crippen LogP contribution in [0.1, 0.15) is 65.2 Å². The second kappa shape index (κ2) is 4.87. The Labute approximate surface area is 144 Å². The van der Waals surface area contributed by atoms with Crippen LogP contribution >= 0.6 is 0 Å². The first-order chi connectivity index (χ1) is 11.4. The zero-order chi connectivity index (χ0) is 16.7. The minimum atomic E-state index is -0.125. The number of esters is 1. The van der Waals surface area contributed by atoms with Crippen LogP contribution in [0.4, 0.5) is 0 Å². The summed E-state index contributed by atoms with van der Waals surface area (Å²) in [7, 11) is 0. The molecule has 24 heavy (non-hydrogen) atoms. The Bertz CT molecular complexity index is 610. The van der Waals surface area contributed by atoms with Gasteiger partial charge >= 0.3 is 5.97 Å². The Morgan fingerprint density at radius 2 is 2.00 bits per heavy atom. The Kier molecular flexibility index (Phi) is 3.13. The fourth-order valence-corrected chi connectivity index (χ4v) is 7.60. The molecule has 0 aromatic carbocycles. The van der Waals surface area contributed by atoms with E-state index in [4.69, 9.17) is 4.74 Å². The monoisotopic (exact) mass is 330 g/mol. The molecule has 4 aliphatic carbocycles. The number of aliphatic hydroxyl groups is 1. The third-order valence-corrected chi connectivity index (χ3v) is 8.84. The van der Waals surface area contributed by atoms with Crippen LogP contribution in [-0.2, 0) is 9.53 Å². The fourth-order valence-electron chi connectivity index (χ4n) is 7.60. The van der Waals surface area contributed by atoms with Gasteiger partial charge in [0.1, 0.15) is 6.10 Å². The van der Waals surface area contributed by atoms with Crippen molar-refractivity contribution in [3.05, 3.63) is 11.6 Å². The van der Waals surface area contributed by atoms with Crippen molar-refractivity contribution in [2.45, 2.75) is 77.4 Å². The zero-order valence-electron chi connectivity index (χ0n) is 15.0.